The summed E-state index contributed by atoms with van der Waals surface area (Å²) in [6.45, 7) is 12.6. The zero-order valence-corrected chi connectivity index (χ0v) is 22.4. The third-order valence-electron chi connectivity index (χ3n) is 8.71. The summed E-state index contributed by atoms with van der Waals surface area (Å²) in [5.41, 5.74) is 5.50. The predicted molar refractivity (Wildman–Crippen MR) is 142 cm³/mol. The first kappa shape index (κ1) is 24.8. The van der Waals surface area contributed by atoms with E-state index in [1.165, 1.54) is 16.7 Å². The summed E-state index contributed by atoms with van der Waals surface area (Å²) in [5.74, 6) is 1.60. The van der Waals surface area contributed by atoms with Gasteiger partial charge in [0.2, 0.25) is 0 Å². The second kappa shape index (κ2) is 10.3. The van der Waals surface area contributed by atoms with Gasteiger partial charge in [-0.3, -0.25) is 9.69 Å². The Morgan fingerprint density at radius 1 is 0.973 bits per heavy atom. The number of carbonyl (C=O) groups is 1. The van der Waals surface area contributed by atoms with Crippen LogP contribution in [0.25, 0.3) is 0 Å². The fourth-order valence-corrected chi connectivity index (χ4v) is 6.71. The van der Waals surface area contributed by atoms with Gasteiger partial charge in [-0.15, -0.1) is 0 Å². The number of carbonyl (C=O) groups excluding carboxylic acids is 1. The number of aromatic nitrogens is 2. The number of fused-ring (bicyclic) bond motifs is 2. The Balaban J connectivity index is 1.15. The zero-order chi connectivity index (χ0) is 25.5. The normalized spacial score (nSPS) is 25.1. The molecule has 6 rings (SSSR count). The molecule has 5 heterocycles. The number of rotatable bonds is 3. The van der Waals surface area contributed by atoms with Crippen molar-refractivity contribution in [1.29, 1.82) is 0 Å². The van der Waals surface area contributed by atoms with Gasteiger partial charge >= 0.3 is 0 Å². The summed E-state index contributed by atoms with van der Waals surface area (Å²) in [6, 6.07) is 7.66. The van der Waals surface area contributed by atoms with Gasteiger partial charge in [-0.25, -0.2) is 9.97 Å². The van der Waals surface area contributed by atoms with Crippen molar-refractivity contribution in [3.8, 4) is 0 Å². The van der Waals surface area contributed by atoms with Crippen LogP contribution in [0.1, 0.15) is 57.8 Å². The summed E-state index contributed by atoms with van der Waals surface area (Å²) in [6.07, 6.45) is 4.21. The Morgan fingerprint density at radius 2 is 1.81 bits per heavy atom. The van der Waals surface area contributed by atoms with Crippen LogP contribution < -0.4 is 4.90 Å². The minimum atomic E-state index is 0.0434. The van der Waals surface area contributed by atoms with Gasteiger partial charge in [0.15, 0.2) is 0 Å². The molecule has 1 amide bonds. The Kier molecular flexibility index (Phi) is 6.90. The van der Waals surface area contributed by atoms with Crippen molar-refractivity contribution in [2.75, 3.05) is 50.9 Å². The number of hydrogen-bond acceptors (Lipinski definition) is 7. The number of piperidine rings is 1. The molecule has 8 nitrogen and oxygen atoms in total. The Labute approximate surface area is 220 Å². The number of amides is 1. The maximum Gasteiger partial charge on any atom is 0.272 e. The van der Waals surface area contributed by atoms with Crippen LogP contribution in [0.2, 0.25) is 0 Å². The van der Waals surface area contributed by atoms with E-state index in [1.54, 1.807) is 0 Å². The molecule has 8 heteroatoms. The standard InChI is InChI=1S/C29H39N5O3/c1-19-4-5-22-6-10-33(17-23(22)16-19)28-20(2)27(30-21(3)31-28)29(35)32-11-7-24(8-12-32)34-13-15-37-26-18-36-14-9-25(26)34/h4-5,16,24-26H,6-15,17-18H2,1-3H3/t25-,26+/m1/s1. The monoisotopic (exact) mass is 505 g/mol. The average Bonchev–Trinajstić information content (AvgIpc) is 2.93. The highest BCUT2D eigenvalue weighted by molar-refractivity contribution is 5.95. The summed E-state index contributed by atoms with van der Waals surface area (Å²) in [4.78, 5) is 30.2. The molecule has 0 radical (unpaired) electrons. The topological polar surface area (TPSA) is 71.0 Å². The van der Waals surface area contributed by atoms with Crippen LogP contribution in [0.4, 0.5) is 5.82 Å². The molecular weight excluding hydrogens is 466 g/mol. The molecule has 0 aliphatic carbocycles. The average molecular weight is 506 g/mol. The second-order valence-electron chi connectivity index (χ2n) is 11.1. The molecule has 37 heavy (non-hydrogen) atoms. The minimum absolute atomic E-state index is 0.0434. The van der Waals surface area contributed by atoms with E-state index < -0.39 is 0 Å². The van der Waals surface area contributed by atoms with Crippen molar-refractivity contribution in [2.24, 2.45) is 0 Å². The minimum Gasteiger partial charge on any atom is -0.379 e. The third-order valence-corrected chi connectivity index (χ3v) is 8.71. The number of morpholine rings is 1. The molecular formula is C29H39N5O3. The van der Waals surface area contributed by atoms with Crippen molar-refractivity contribution in [2.45, 2.75) is 71.2 Å². The van der Waals surface area contributed by atoms with E-state index in [1.807, 2.05) is 18.7 Å². The largest absolute Gasteiger partial charge is 0.379 e. The Bertz CT molecular complexity index is 1160. The highest BCUT2D eigenvalue weighted by atomic mass is 16.5. The van der Waals surface area contributed by atoms with Gasteiger partial charge in [0.1, 0.15) is 17.3 Å². The lowest BCUT2D eigenvalue weighted by molar-refractivity contribution is -0.148. The number of likely N-dealkylation sites (tertiary alicyclic amines) is 1. The van der Waals surface area contributed by atoms with Crippen LogP contribution in [0, 0.1) is 20.8 Å². The van der Waals surface area contributed by atoms with Gasteiger partial charge in [0.25, 0.3) is 5.91 Å². The highest BCUT2D eigenvalue weighted by Gasteiger charge is 2.39. The first-order valence-corrected chi connectivity index (χ1v) is 13.9. The van der Waals surface area contributed by atoms with E-state index >= 15 is 0 Å². The smallest absolute Gasteiger partial charge is 0.272 e. The summed E-state index contributed by atoms with van der Waals surface area (Å²) >= 11 is 0. The van der Waals surface area contributed by atoms with Crippen molar-refractivity contribution in [3.05, 3.63) is 52.0 Å². The highest BCUT2D eigenvalue weighted by Crippen LogP contribution is 2.30. The second-order valence-corrected chi connectivity index (χ2v) is 11.1. The Hall–Kier alpha value is -2.55. The van der Waals surface area contributed by atoms with E-state index in [-0.39, 0.29) is 12.0 Å². The lowest BCUT2D eigenvalue weighted by atomic mass is 9.95. The number of hydrogen-bond donors (Lipinski definition) is 0. The molecule has 1 aromatic heterocycles. The predicted octanol–water partition coefficient (Wildman–Crippen LogP) is 3.06. The van der Waals surface area contributed by atoms with Crippen molar-refractivity contribution in [1.82, 2.24) is 19.8 Å². The molecule has 0 N–H and O–H groups in total. The summed E-state index contributed by atoms with van der Waals surface area (Å²) in [7, 11) is 0. The van der Waals surface area contributed by atoms with Crippen LogP contribution in [0.5, 0.6) is 0 Å². The number of ether oxygens (including phenoxy) is 2. The van der Waals surface area contributed by atoms with E-state index in [4.69, 9.17) is 14.5 Å². The number of benzene rings is 1. The maximum atomic E-state index is 13.7. The molecule has 0 saturated carbocycles. The van der Waals surface area contributed by atoms with E-state index in [0.29, 0.717) is 30.2 Å². The third kappa shape index (κ3) is 4.87. The molecule has 2 atom stereocenters. The van der Waals surface area contributed by atoms with Crippen molar-refractivity contribution in [3.63, 3.8) is 0 Å². The lowest BCUT2D eigenvalue weighted by Crippen LogP contribution is -2.60. The van der Waals surface area contributed by atoms with Crippen LogP contribution in [-0.4, -0.2) is 89.9 Å². The first-order valence-electron chi connectivity index (χ1n) is 13.9. The summed E-state index contributed by atoms with van der Waals surface area (Å²) in [5, 5.41) is 0. The van der Waals surface area contributed by atoms with Crippen LogP contribution >= 0.6 is 0 Å². The quantitative estimate of drug-likeness (QED) is 0.635. The van der Waals surface area contributed by atoms with E-state index in [2.05, 4.69) is 39.9 Å². The fourth-order valence-electron chi connectivity index (χ4n) is 6.71. The molecule has 0 spiro atoms. The molecule has 4 aliphatic heterocycles. The molecule has 3 saturated heterocycles. The number of aryl methyl sites for hydroxylation is 2. The van der Waals surface area contributed by atoms with Gasteiger partial charge in [-0.05, 0) is 57.6 Å². The van der Waals surface area contributed by atoms with Crippen LogP contribution in [-0.2, 0) is 22.4 Å². The molecule has 0 bridgehead atoms. The van der Waals surface area contributed by atoms with Gasteiger partial charge in [-0.1, -0.05) is 23.8 Å². The fraction of sp³-hybridized carbons (Fsp3) is 0.621. The Morgan fingerprint density at radius 3 is 2.65 bits per heavy atom. The summed E-state index contributed by atoms with van der Waals surface area (Å²) < 4.78 is 11.6. The first-order chi connectivity index (χ1) is 18.0. The number of anilines is 1. The lowest BCUT2D eigenvalue weighted by Gasteiger charge is -2.49. The molecule has 2 aromatic rings. The molecule has 0 unspecified atom stereocenters. The molecule has 198 valence electrons. The van der Waals surface area contributed by atoms with Crippen LogP contribution in [0.15, 0.2) is 18.2 Å². The maximum absolute atomic E-state index is 13.7. The molecule has 1 aromatic carbocycles. The number of nitrogens with zero attached hydrogens (tertiary/aromatic N) is 5. The van der Waals surface area contributed by atoms with Gasteiger partial charge in [-0.2, -0.15) is 0 Å². The molecule has 4 aliphatic rings. The zero-order valence-electron chi connectivity index (χ0n) is 22.4. The van der Waals surface area contributed by atoms with Gasteiger partial charge in [0.05, 0.1) is 19.3 Å². The van der Waals surface area contributed by atoms with Crippen molar-refractivity contribution < 1.29 is 14.3 Å². The van der Waals surface area contributed by atoms with E-state index in [0.717, 1.165) is 83.0 Å². The van der Waals surface area contributed by atoms with Gasteiger partial charge in [0, 0.05) is 57.0 Å². The van der Waals surface area contributed by atoms with Gasteiger partial charge < -0.3 is 19.3 Å². The SMILES string of the molecule is Cc1ccc2c(c1)CN(c1nc(C)nc(C(=O)N3CCC(N4CCO[C@H]5COCC[C@H]54)CC3)c1C)CC2. The molecule has 3 fully saturated rings. The van der Waals surface area contributed by atoms with E-state index in [9.17, 15) is 4.79 Å². The van der Waals surface area contributed by atoms with Crippen molar-refractivity contribution >= 4 is 11.7 Å². The van der Waals surface area contributed by atoms with Crippen LogP contribution in [0.3, 0.4) is 0 Å².